The molecule has 1 rings (SSSR count). The van der Waals surface area contributed by atoms with Crippen molar-refractivity contribution >= 4 is 11.8 Å². The molecule has 118 valence electrons. The number of benzene rings is 1. The van der Waals surface area contributed by atoms with Crippen LogP contribution in [0, 0.1) is 0 Å². The molecule has 0 aliphatic carbocycles. The van der Waals surface area contributed by atoms with Crippen molar-refractivity contribution in [2.45, 2.75) is 39.2 Å². The van der Waals surface area contributed by atoms with E-state index < -0.39 is 5.60 Å². The molecular formula is C16H26N2O3. The Morgan fingerprint density at radius 2 is 2.00 bits per heavy atom. The number of nitrogen functional groups attached to an aromatic ring is 1. The summed E-state index contributed by atoms with van der Waals surface area (Å²) in [6.45, 7) is 6.83. The maximum absolute atomic E-state index is 11.7. The Bertz CT molecular complexity index is 455. The first kappa shape index (κ1) is 17.1. The highest BCUT2D eigenvalue weighted by Crippen LogP contribution is 2.15. The molecule has 1 aromatic rings. The number of carbonyl (C=O) groups excluding carboxylic acids is 1. The SMILES string of the molecule is CN(CCCCOc1cccc(N)c1)C(=O)OC(C)(C)C. The highest BCUT2D eigenvalue weighted by molar-refractivity contribution is 5.67. The molecule has 0 fully saturated rings. The van der Waals surface area contributed by atoms with Crippen molar-refractivity contribution in [3.05, 3.63) is 24.3 Å². The molecule has 0 saturated heterocycles. The number of hydrogen-bond donors (Lipinski definition) is 1. The maximum atomic E-state index is 11.7. The maximum Gasteiger partial charge on any atom is 0.410 e. The quantitative estimate of drug-likeness (QED) is 0.646. The third-order valence-electron chi connectivity index (χ3n) is 2.72. The van der Waals surface area contributed by atoms with Crippen molar-refractivity contribution in [1.82, 2.24) is 4.90 Å². The number of ether oxygens (including phenoxy) is 2. The molecule has 0 aliphatic rings. The average Bonchev–Trinajstić information content (AvgIpc) is 2.36. The summed E-state index contributed by atoms with van der Waals surface area (Å²) >= 11 is 0. The van der Waals surface area contributed by atoms with E-state index in [1.807, 2.05) is 39.0 Å². The van der Waals surface area contributed by atoms with Gasteiger partial charge in [-0.3, -0.25) is 0 Å². The van der Waals surface area contributed by atoms with Crippen molar-refractivity contribution in [2.24, 2.45) is 0 Å². The van der Waals surface area contributed by atoms with Gasteiger partial charge in [0.15, 0.2) is 0 Å². The lowest BCUT2D eigenvalue weighted by molar-refractivity contribution is 0.0294. The molecule has 0 aromatic heterocycles. The minimum atomic E-state index is -0.457. The topological polar surface area (TPSA) is 64.8 Å². The predicted octanol–water partition coefficient (Wildman–Crippen LogP) is 3.29. The Balaban J connectivity index is 2.18. The van der Waals surface area contributed by atoms with Gasteiger partial charge in [0.1, 0.15) is 11.4 Å². The fourth-order valence-electron chi connectivity index (χ4n) is 1.68. The summed E-state index contributed by atoms with van der Waals surface area (Å²) in [4.78, 5) is 13.3. The summed E-state index contributed by atoms with van der Waals surface area (Å²) in [5.41, 5.74) is 5.91. The second-order valence-electron chi connectivity index (χ2n) is 6.03. The molecule has 0 radical (unpaired) electrons. The van der Waals surface area contributed by atoms with E-state index in [-0.39, 0.29) is 6.09 Å². The second-order valence-corrected chi connectivity index (χ2v) is 6.03. The molecular weight excluding hydrogens is 268 g/mol. The van der Waals surface area contributed by atoms with Gasteiger partial charge >= 0.3 is 6.09 Å². The second kappa shape index (κ2) is 7.76. The van der Waals surface area contributed by atoms with Gasteiger partial charge in [-0.2, -0.15) is 0 Å². The molecule has 0 aliphatic heterocycles. The third-order valence-corrected chi connectivity index (χ3v) is 2.72. The summed E-state index contributed by atoms with van der Waals surface area (Å²) in [5, 5.41) is 0. The summed E-state index contributed by atoms with van der Waals surface area (Å²) in [6, 6.07) is 7.36. The van der Waals surface area contributed by atoms with E-state index in [1.54, 1.807) is 18.0 Å². The standard InChI is InChI=1S/C16H26N2O3/c1-16(2,3)21-15(19)18(4)10-5-6-11-20-14-9-7-8-13(17)12-14/h7-9,12H,5-6,10-11,17H2,1-4H3. The minimum Gasteiger partial charge on any atom is -0.494 e. The van der Waals surface area contributed by atoms with Crippen LogP contribution in [-0.4, -0.2) is 36.8 Å². The van der Waals surface area contributed by atoms with Crippen LogP contribution in [0.3, 0.4) is 0 Å². The number of carbonyl (C=O) groups is 1. The Hall–Kier alpha value is -1.91. The molecule has 0 spiro atoms. The van der Waals surface area contributed by atoms with Crippen LogP contribution in [-0.2, 0) is 4.74 Å². The zero-order valence-electron chi connectivity index (χ0n) is 13.4. The van der Waals surface area contributed by atoms with E-state index in [0.29, 0.717) is 18.8 Å². The van der Waals surface area contributed by atoms with E-state index in [4.69, 9.17) is 15.2 Å². The number of unbranched alkanes of at least 4 members (excludes halogenated alkanes) is 1. The number of nitrogens with two attached hydrogens (primary N) is 1. The van der Waals surface area contributed by atoms with Crippen molar-refractivity contribution < 1.29 is 14.3 Å². The Kier molecular flexibility index (Phi) is 6.34. The lowest BCUT2D eigenvalue weighted by atomic mass is 10.2. The van der Waals surface area contributed by atoms with Gasteiger partial charge in [0, 0.05) is 25.3 Å². The molecule has 1 amide bonds. The predicted molar refractivity (Wildman–Crippen MR) is 84.4 cm³/mol. The van der Waals surface area contributed by atoms with E-state index in [0.717, 1.165) is 18.6 Å². The molecule has 5 nitrogen and oxygen atoms in total. The first-order valence-electron chi connectivity index (χ1n) is 7.20. The van der Waals surface area contributed by atoms with Crippen LogP contribution in [0.2, 0.25) is 0 Å². The lowest BCUT2D eigenvalue weighted by Crippen LogP contribution is -2.34. The largest absolute Gasteiger partial charge is 0.494 e. The van der Waals surface area contributed by atoms with Gasteiger partial charge in [-0.25, -0.2) is 4.79 Å². The summed E-state index contributed by atoms with van der Waals surface area (Å²) < 4.78 is 10.9. The van der Waals surface area contributed by atoms with Gasteiger partial charge < -0.3 is 20.1 Å². The van der Waals surface area contributed by atoms with Gasteiger partial charge in [0.05, 0.1) is 6.61 Å². The van der Waals surface area contributed by atoms with E-state index >= 15 is 0 Å². The smallest absolute Gasteiger partial charge is 0.410 e. The van der Waals surface area contributed by atoms with Crippen LogP contribution in [0.4, 0.5) is 10.5 Å². The molecule has 0 unspecified atom stereocenters. The fraction of sp³-hybridized carbons (Fsp3) is 0.562. The van der Waals surface area contributed by atoms with Crippen molar-refractivity contribution in [3.63, 3.8) is 0 Å². The molecule has 0 saturated carbocycles. The highest BCUT2D eigenvalue weighted by Gasteiger charge is 2.18. The van der Waals surface area contributed by atoms with Crippen LogP contribution in [0.25, 0.3) is 0 Å². The molecule has 1 aromatic carbocycles. The van der Waals surface area contributed by atoms with Gasteiger partial charge in [-0.15, -0.1) is 0 Å². The van der Waals surface area contributed by atoms with Gasteiger partial charge in [-0.05, 0) is 45.7 Å². The molecule has 0 atom stereocenters. The first-order chi connectivity index (χ1) is 9.78. The molecule has 21 heavy (non-hydrogen) atoms. The Morgan fingerprint density at radius 3 is 2.62 bits per heavy atom. The van der Waals surface area contributed by atoms with Crippen molar-refractivity contribution in [1.29, 1.82) is 0 Å². The monoisotopic (exact) mass is 294 g/mol. The summed E-state index contributed by atoms with van der Waals surface area (Å²) in [5.74, 6) is 0.774. The van der Waals surface area contributed by atoms with Gasteiger partial charge in [0.2, 0.25) is 0 Å². The summed E-state index contributed by atoms with van der Waals surface area (Å²) in [7, 11) is 1.74. The molecule has 2 N–H and O–H groups in total. The van der Waals surface area contributed by atoms with Crippen LogP contribution in [0.15, 0.2) is 24.3 Å². The number of rotatable bonds is 6. The Labute approximate surface area is 127 Å². The van der Waals surface area contributed by atoms with Crippen LogP contribution in [0.1, 0.15) is 33.6 Å². The van der Waals surface area contributed by atoms with Crippen LogP contribution >= 0.6 is 0 Å². The lowest BCUT2D eigenvalue weighted by Gasteiger charge is -2.24. The molecule has 5 heteroatoms. The van der Waals surface area contributed by atoms with E-state index in [9.17, 15) is 4.79 Å². The third kappa shape index (κ3) is 7.44. The zero-order chi connectivity index (χ0) is 15.9. The molecule has 0 bridgehead atoms. The highest BCUT2D eigenvalue weighted by atomic mass is 16.6. The molecule has 0 heterocycles. The van der Waals surface area contributed by atoms with Gasteiger partial charge in [0.25, 0.3) is 0 Å². The van der Waals surface area contributed by atoms with Crippen molar-refractivity contribution in [2.75, 3.05) is 25.9 Å². The normalized spacial score (nSPS) is 11.0. The average molecular weight is 294 g/mol. The number of anilines is 1. The number of nitrogens with zero attached hydrogens (tertiary/aromatic N) is 1. The fourth-order valence-corrected chi connectivity index (χ4v) is 1.68. The van der Waals surface area contributed by atoms with E-state index in [1.165, 1.54) is 0 Å². The first-order valence-corrected chi connectivity index (χ1v) is 7.20. The Morgan fingerprint density at radius 1 is 1.29 bits per heavy atom. The number of hydrogen-bond acceptors (Lipinski definition) is 4. The van der Waals surface area contributed by atoms with Crippen LogP contribution in [0.5, 0.6) is 5.75 Å². The van der Waals surface area contributed by atoms with Gasteiger partial charge in [-0.1, -0.05) is 6.07 Å². The minimum absolute atomic E-state index is 0.292. The summed E-state index contributed by atoms with van der Waals surface area (Å²) in [6.07, 6.45) is 1.43. The van der Waals surface area contributed by atoms with Crippen LogP contribution < -0.4 is 10.5 Å². The number of amides is 1. The zero-order valence-corrected chi connectivity index (χ0v) is 13.4. The van der Waals surface area contributed by atoms with E-state index in [2.05, 4.69) is 0 Å². The van der Waals surface area contributed by atoms with Crippen molar-refractivity contribution in [3.8, 4) is 5.75 Å².